The molecule has 0 spiro atoms. The maximum atomic E-state index is 2.24. The molecular formula is C13H25B. The third kappa shape index (κ3) is 9.37. The summed E-state index contributed by atoms with van der Waals surface area (Å²) >= 11 is 0. The van der Waals surface area contributed by atoms with Gasteiger partial charge in [-0.1, -0.05) is 77.2 Å². The van der Waals surface area contributed by atoms with E-state index in [-0.39, 0.29) is 0 Å². The molecule has 0 heterocycles. The molecular weight excluding hydrogens is 167 g/mol. The predicted molar refractivity (Wildman–Crippen MR) is 70.3 cm³/mol. The van der Waals surface area contributed by atoms with Crippen LogP contribution in [0, 0.1) is 0 Å². The lowest BCUT2D eigenvalue weighted by Crippen LogP contribution is -2.04. The Labute approximate surface area is 90.8 Å². The molecule has 0 aromatic heterocycles. The molecule has 0 amide bonds. The first-order valence-corrected chi connectivity index (χ1v) is 5.83. The monoisotopic (exact) mass is 192 g/mol. The lowest BCUT2D eigenvalue weighted by atomic mass is 9.51. The van der Waals surface area contributed by atoms with Crippen molar-refractivity contribution in [3.8, 4) is 0 Å². The summed E-state index contributed by atoms with van der Waals surface area (Å²) in [6, 6.07) is 10.6. The Balaban J connectivity index is 0. The van der Waals surface area contributed by atoms with Crippen LogP contribution in [0.2, 0.25) is 13.6 Å². The van der Waals surface area contributed by atoms with Crippen LogP contribution in [0.4, 0.5) is 0 Å². The molecule has 0 unspecified atom stereocenters. The quantitative estimate of drug-likeness (QED) is 0.602. The van der Waals surface area contributed by atoms with E-state index < -0.39 is 0 Å². The number of benzene rings is 1. The maximum Gasteiger partial charge on any atom is 0.138 e. The van der Waals surface area contributed by atoms with E-state index in [1.807, 2.05) is 27.7 Å². The van der Waals surface area contributed by atoms with Crippen molar-refractivity contribution in [2.24, 2.45) is 0 Å². The van der Waals surface area contributed by atoms with Gasteiger partial charge in [-0.25, -0.2) is 0 Å². The van der Waals surface area contributed by atoms with Crippen LogP contribution < -0.4 is 0 Å². The van der Waals surface area contributed by atoms with Crippen LogP contribution in [0.5, 0.6) is 0 Å². The standard InChI is InChI=1S/C9H13B.2C2H6/c1-10(2)8-9-6-4-3-5-7-9;2*1-2/h3-7H,8H2,1-2H3;2*1-2H3. The number of hydrogen-bond acceptors (Lipinski definition) is 0. The van der Waals surface area contributed by atoms with Crippen LogP contribution in [0.3, 0.4) is 0 Å². The minimum atomic E-state index is 0.766. The smallest absolute Gasteiger partial charge is 0.0860 e. The molecule has 0 fully saturated rings. The van der Waals surface area contributed by atoms with Crippen LogP contribution in [-0.4, -0.2) is 6.71 Å². The maximum absolute atomic E-state index is 2.24. The Kier molecular flexibility index (Phi) is 13.8. The summed E-state index contributed by atoms with van der Waals surface area (Å²) in [4.78, 5) is 0. The zero-order valence-electron chi connectivity index (χ0n) is 10.7. The van der Waals surface area contributed by atoms with Gasteiger partial charge in [0.25, 0.3) is 0 Å². The molecule has 14 heavy (non-hydrogen) atoms. The first-order valence-electron chi connectivity index (χ1n) is 5.83. The van der Waals surface area contributed by atoms with E-state index in [1.54, 1.807) is 0 Å². The zero-order valence-corrected chi connectivity index (χ0v) is 10.7. The van der Waals surface area contributed by atoms with Gasteiger partial charge in [0.1, 0.15) is 6.71 Å². The van der Waals surface area contributed by atoms with Gasteiger partial charge >= 0.3 is 0 Å². The van der Waals surface area contributed by atoms with E-state index in [0.29, 0.717) is 0 Å². The highest BCUT2D eigenvalue weighted by Gasteiger charge is 1.98. The van der Waals surface area contributed by atoms with Crippen LogP contribution in [0.25, 0.3) is 0 Å². The minimum absolute atomic E-state index is 0.766. The zero-order chi connectivity index (χ0) is 11.4. The molecule has 80 valence electrons. The fourth-order valence-electron chi connectivity index (χ4n) is 1.09. The van der Waals surface area contributed by atoms with E-state index in [0.717, 1.165) is 6.71 Å². The van der Waals surface area contributed by atoms with Gasteiger partial charge in [-0.15, -0.1) is 0 Å². The average molecular weight is 192 g/mol. The Morgan fingerprint density at radius 2 is 1.29 bits per heavy atom. The third-order valence-corrected chi connectivity index (χ3v) is 1.49. The van der Waals surface area contributed by atoms with Crippen molar-refractivity contribution >= 4 is 6.71 Å². The fourth-order valence-corrected chi connectivity index (χ4v) is 1.09. The lowest BCUT2D eigenvalue weighted by molar-refractivity contribution is 1.35. The lowest BCUT2D eigenvalue weighted by Gasteiger charge is -1.99. The van der Waals surface area contributed by atoms with Crippen LogP contribution >= 0.6 is 0 Å². The van der Waals surface area contributed by atoms with Crippen molar-refractivity contribution in [2.75, 3.05) is 0 Å². The second kappa shape index (κ2) is 12.3. The highest BCUT2D eigenvalue weighted by molar-refractivity contribution is 6.55. The Morgan fingerprint density at radius 3 is 1.64 bits per heavy atom. The van der Waals surface area contributed by atoms with Crippen molar-refractivity contribution in [2.45, 2.75) is 47.7 Å². The molecule has 0 radical (unpaired) electrons. The molecule has 0 atom stereocenters. The molecule has 1 aromatic rings. The van der Waals surface area contributed by atoms with E-state index in [1.165, 1.54) is 11.9 Å². The van der Waals surface area contributed by atoms with Crippen LogP contribution in [-0.2, 0) is 6.32 Å². The Bertz CT molecular complexity index is 180. The first-order chi connectivity index (χ1) is 6.79. The van der Waals surface area contributed by atoms with Gasteiger partial charge < -0.3 is 0 Å². The topological polar surface area (TPSA) is 0 Å². The summed E-state index contributed by atoms with van der Waals surface area (Å²) in [7, 11) is 0. The molecule has 0 saturated carbocycles. The number of rotatable bonds is 2. The molecule has 1 rings (SSSR count). The Hall–Kier alpha value is -0.715. The SMILES string of the molecule is CB(C)Cc1ccccc1.CC.CC. The van der Waals surface area contributed by atoms with E-state index in [4.69, 9.17) is 0 Å². The third-order valence-electron chi connectivity index (χ3n) is 1.49. The van der Waals surface area contributed by atoms with Crippen LogP contribution in [0.15, 0.2) is 30.3 Å². The fraction of sp³-hybridized carbons (Fsp3) is 0.538. The summed E-state index contributed by atoms with van der Waals surface area (Å²) in [5, 5.41) is 0. The molecule has 0 bridgehead atoms. The van der Waals surface area contributed by atoms with Crippen molar-refractivity contribution in [3.63, 3.8) is 0 Å². The van der Waals surface area contributed by atoms with Crippen molar-refractivity contribution < 1.29 is 0 Å². The number of hydrogen-bond donors (Lipinski definition) is 0. The van der Waals surface area contributed by atoms with Crippen molar-refractivity contribution in [1.29, 1.82) is 0 Å². The normalized spacial score (nSPS) is 7.57. The first kappa shape index (κ1) is 15.7. The molecule has 0 aliphatic rings. The molecule has 0 N–H and O–H groups in total. The van der Waals surface area contributed by atoms with Gasteiger partial charge in [-0.3, -0.25) is 0 Å². The van der Waals surface area contributed by atoms with E-state index in [9.17, 15) is 0 Å². The van der Waals surface area contributed by atoms with Gasteiger partial charge in [-0.05, 0) is 6.32 Å². The van der Waals surface area contributed by atoms with Crippen molar-refractivity contribution in [3.05, 3.63) is 35.9 Å². The van der Waals surface area contributed by atoms with Gasteiger partial charge in [0, 0.05) is 0 Å². The summed E-state index contributed by atoms with van der Waals surface area (Å²) in [6.45, 7) is 13.3. The molecule has 0 aliphatic heterocycles. The molecule has 1 aromatic carbocycles. The van der Waals surface area contributed by atoms with Gasteiger partial charge in [0.15, 0.2) is 0 Å². The molecule has 0 aliphatic carbocycles. The summed E-state index contributed by atoms with van der Waals surface area (Å²) < 4.78 is 0. The van der Waals surface area contributed by atoms with Crippen LogP contribution in [0.1, 0.15) is 33.3 Å². The van der Waals surface area contributed by atoms with Crippen molar-refractivity contribution in [1.82, 2.24) is 0 Å². The second-order valence-electron chi connectivity index (χ2n) is 3.08. The summed E-state index contributed by atoms with van der Waals surface area (Å²) in [5.41, 5.74) is 1.44. The summed E-state index contributed by atoms with van der Waals surface area (Å²) in [5.74, 6) is 0. The molecule has 0 saturated heterocycles. The van der Waals surface area contributed by atoms with E-state index >= 15 is 0 Å². The molecule has 1 heteroatoms. The predicted octanol–water partition coefficient (Wildman–Crippen LogP) is 4.58. The van der Waals surface area contributed by atoms with Gasteiger partial charge in [0.05, 0.1) is 0 Å². The highest BCUT2D eigenvalue weighted by Crippen LogP contribution is 2.01. The molecule has 0 nitrogen and oxygen atoms in total. The average Bonchev–Trinajstić information content (AvgIpc) is 2.24. The minimum Gasteiger partial charge on any atom is -0.0860 e. The van der Waals surface area contributed by atoms with Gasteiger partial charge in [0.2, 0.25) is 0 Å². The van der Waals surface area contributed by atoms with Gasteiger partial charge in [-0.2, -0.15) is 0 Å². The Morgan fingerprint density at radius 1 is 0.857 bits per heavy atom. The largest absolute Gasteiger partial charge is 0.138 e. The highest BCUT2D eigenvalue weighted by atomic mass is 13.9. The van der Waals surface area contributed by atoms with E-state index in [2.05, 4.69) is 44.0 Å². The second-order valence-corrected chi connectivity index (χ2v) is 3.08. The summed E-state index contributed by atoms with van der Waals surface area (Å²) in [6.07, 6.45) is 1.20.